The first-order valence-corrected chi connectivity index (χ1v) is 10.4. The van der Waals surface area contributed by atoms with Gasteiger partial charge in [0.1, 0.15) is 16.9 Å². The van der Waals surface area contributed by atoms with Gasteiger partial charge in [0, 0.05) is 10.9 Å². The van der Waals surface area contributed by atoms with E-state index in [2.05, 4.69) is 5.32 Å². The highest BCUT2D eigenvalue weighted by atomic mass is 32.2. The van der Waals surface area contributed by atoms with Gasteiger partial charge in [-0.05, 0) is 70.9 Å². The standard InChI is InChI=1S/C20H29NO5S/c1-20(2,3)26-19(23)21-13-6-8-14(9-7-13)25-17-12-15(27-5)10-11-16(17)18(22)24-4/h10-14H,6-9H2,1-5H3,(H,21,23)/t13-,14-. The number of rotatable bonds is 5. The summed E-state index contributed by atoms with van der Waals surface area (Å²) in [6, 6.07) is 5.58. The minimum absolute atomic E-state index is 0.00204. The van der Waals surface area contributed by atoms with E-state index in [4.69, 9.17) is 14.2 Å². The Kier molecular flexibility index (Phi) is 7.41. The first-order valence-electron chi connectivity index (χ1n) is 9.14. The number of nitrogens with one attached hydrogen (secondary N) is 1. The molecule has 1 aliphatic rings. The monoisotopic (exact) mass is 395 g/mol. The molecule has 0 aromatic heterocycles. The van der Waals surface area contributed by atoms with Crippen LogP contribution in [-0.4, -0.2) is 43.2 Å². The predicted octanol–water partition coefficient (Wildman–Crippen LogP) is 4.41. The molecule has 0 aliphatic heterocycles. The van der Waals surface area contributed by atoms with Crippen molar-refractivity contribution in [3.63, 3.8) is 0 Å². The van der Waals surface area contributed by atoms with Crippen molar-refractivity contribution in [1.82, 2.24) is 5.32 Å². The zero-order chi connectivity index (χ0) is 20.0. The normalized spacial score (nSPS) is 19.9. The lowest BCUT2D eigenvalue weighted by Crippen LogP contribution is -2.42. The van der Waals surface area contributed by atoms with Crippen molar-refractivity contribution in [2.24, 2.45) is 0 Å². The molecule has 0 heterocycles. The van der Waals surface area contributed by atoms with Crippen LogP contribution >= 0.6 is 11.8 Å². The lowest BCUT2D eigenvalue weighted by molar-refractivity contribution is 0.0465. The van der Waals surface area contributed by atoms with Crippen LogP contribution in [0.4, 0.5) is 4.79 Å². The van der Waals surface area contributed by atoms with E-state index in [1.54, 1.807) is 17.8 Å². The summed E-state index contributed by atoms with van der Waals surface area (Å²) in [5.41, 5.74) is -0.0684. The highest BCUT2D eigenvalue weighted by Crippen LogP contribution is 2.30. The average Bonchev–Trinajstić information content (AvgIpc) is 2.61. The maximum absolute atomic E-state index is 12.0. The third kappa shape index (κ3) is 6.65. The number of carbonyl (C=O) groups is 2. The minimum atomic E-state index is -0.503. The van der Waals surface area contributed by atoms with Crippen LogP contribution in [0.5, 0.6) is 5.75 Å². The fourth-order valence-electron chi connectivity index (χ4n) is 2.98. The van der Waals surface area contributed by atoms with Crippen molar-refractivity contribution in [2.75, 3.05) is 13.4 Å². The number of hydrogen-bond donors (Lipinski definition) is 1. The van der Waals surface area contributed by atoms with Gasteiger partial charge in [0.2, 0.25) is 0 Å². The number of methoxy groups -OCH3 is 1. The first-order chi connectivity index (χ1) is 12.7. The summed E-state index contributed by atoms with van der Waals surface area (Å²) >= 11 is 1.59. The molecule has 1 aromatic rings. The molecule has 0 saturated heterocycles. The van der Waals surface area contributed by atoms with Crippen LogP contribution in [0.1, 0.15) is 56.8 Å². The summed E-state index contributed by atoms with van der Waals surface area (Å²) in [5, 5.41) is 2.92. The molecule has 1 fully saturated rings. The number of hydrogen-bond acceptors (Lipinski definition) is 6. The van der Waals surface area contributed by atoms with E-state index in [0.717, 1.165) is 30.6 Å². The molecule has 1 saturated carbocycles. The molecule has 1 amide bonds. The van der Waals surface area contributed by atoms with Crippen molar-refractivity contribution >= 4 is 23.8 Å². The molecule has 1 aliphatic carbocycles. The lowest BCUT2D eigenvalue weighted by Gasteiger charge is -2.30. The highest BCUT2D eigenvalue weighted by molar-refractivity contribution is 7.98. The Morgan fingerprint density at radius 1 is 1.15 bits per heavy atom. The van der Waals surface area contributed by atoms with Gasteiger partial charge in [0.05, 0.1) is 13.2 Å². The number of thioether (sulfide) groups is 1. The molecule has 1 aromatic carbocycles. The van der Waals surface area contributed by atoms with Gasteiger partial charge in [0.25, 0.3) is 0 Å². The number of amides is 1. The van der Waals surface area contributed by atoms with Gasteiger partial charge in [-0.15, -0.1) is 11.8 Å². The largest absolute Gasteiger partial charge is 0.489 e. The SMILES string of the molecule is COC(=O)c1ccc(SC)cc1O[C@H]1CC[C@H](NC(=O)OC(C)(C)C)CC1. The zero-order valence-electron chi connectivity index (χ0n) is 16.7. The summed E-state index contributed by atoms with van der Waals surface area (Å²) in [6.45, 7) is 5.54. The van der Waals surface area contributed by atoms with E-state index in [1.165, 1.54) is 7.11 Å². The number of ether oxygens (including phenoxy) is 3. The topological polar surface area (TPSA) is 73.9 Å². The van der Waals surface area contributed by atoms with E-state index in [1.807, 2.05) is 39.2 Å². The molecule has 7 heteroatoms. The second-order valence-corrected chi connectivity index (χ2v) is 8.47. The summed E-state index contributed by atoms with van der Waals surface area (Å²) in [4.78, 5) is 24.9. The molecule has 150 valence electrons. The predicted molar refractivity (Wildman–Crippen MR) is 106 cm³/mol. The van der Waals surface area contributed by atoms with Gasteiger partial charge in [0.15, 0.2) is 0 Å². The van der Waals surface area contributed by atoms with Crippen LogP contribution in [0.15, 0.2) is 23.1 Å². The fraction of sp³-hybridized carbons (Fsp3) is 0.600. The van der Waals surface area contributed by atoms with Gasteiger partial charge >= 0.3 is 12.1 Å². The summed E-state index contributed by atoms with van der Waals surface area (Å²) in [5.74, 6) is 0.148. The second-order valence-electron chi connectivity index (χ2n) is 7.59. The Labute approximate surface area is 165 Å². The van der Waals surface area contributed by atoms with E-state index >= 15 is 0 Å². The molecule has 2 rings (SSSR count). The minimum Gasteiger partial charge on any atom is -0.489 e. The Morgan fingerprint density at radius 2 is 1.81 bits per heavy atom. The molecule has 0 radical (unpaired) electrons. The summed E-state index contributed by atoms with van der Waals surface area (Å²) in [6.07, 6.45) is 4.80. The highest BCUT2D eigenvalue weighted by Gasteiger charge is 2.27. The van der Waals surface area contributed by atoms with E-state index in [0.29, 0.717) is 11.3 Å². The van der Waals surface area contributed by atoms with E-state index in [-0.39, 0.29) is 18.2 Å². The number of alkyl carbamates (subject to hydrolysis) is 1. The van der Waals surface area contributed by atoms with Crippen LogP contribution in [-0.2, 0) is 9.47 Å². The molecule has 27 heavy (non-hydrogen) atoms. The third-order valence-corrected chi connectivity index (χ3v) is 5.01. The smallest absolute Gasteiger partial charge is 0.407 e. The molecule has 6 nitrogen and oxygen atoms in total. The van der Waals surface area contributed by atoms with Gasteiger partial charge in [-0.2, -0.15) is 0 Å². The molecule has 0 spiro atoms. The van der Waals surface area contributed by atoms with Crippen molar-refractivity contribution in [1.29, 1.82) is 0 Å². The zero-order valence-corrected chi connectivity index (χ0v) is 17.5. The number of esters is 1. The van der Waals surface area contributed by atoms with Gasteiger partial charge in [-0.3, -0.25) is 0 Å². The molecular weight excluding hydrogens is 366 g/mol. The number of carbonyl (C=O) groups excluding carboxylic acids is 2. The quantitative estimate of drug-likeness (QED) is 0.588. The lowest BCUT2D eigenvalue weighted by atomic mass is 9.93. The molecule has 0 atom stereocenters. The molecule has 0 bridgehead atoms. The molecule has 1 N–H and O–H groups in total. The fourth-order valence-corrected chi connectivity index (χ4v) is 3.41. The third-order valence-electron chi connectivity index (χ3n) is 4.28. The van der Waals surface area contributed by atoms with Crippen LogP contribution < -0.4 is 10.1 Å². The van der Waals surface area contributed by atoms with Crippen molar-refractivity contribution in [3.8, 4) is 5.75 Å². The van der Waals surface area contributed by atoms with Crippen molar-refractivity contribution in [2.45, 2.75) is 69.1 Å². The average molecular weight is 396 g/mol. The Morgan fingerprint density at radius 3 is 2.37 bits per heavy atom. The summed E-state index contributed by atoms with van der Waals surface area (Å²) in [7, 11) is 1.36. The number of benzene rings is 1. The van der Waals surface area contributed by atoms with Crippen molar-refractivity contribution < 1.29 is 23.8 Å². The van der Waals surface area contributed by atoms with Crippen molar-refractivity contribution in [3.05, 3.63) is 23.8 Å². The second kappa shape index (κ2) is 9.35. The summed E-state index contributed by atoms with van der Waals surface area (Å²) < 4.78 is 16.3. The Bertz CT molecular complexity index is 663. The van der Waals surface area contributed by atoms with E-state index < -0.39 is 11.6 Å². The van der Waals surface area contributed by atoms with Gasteiger partial charge < -0.3 is 19.5 Å². The Balaban J connectivity index is 1.93. The van der Waals surface area contributed by atoms with Crippen LogP contribution in [0.3, 0.4) is 0 Å². The maximum Gasteiger partial charge on any atom is 0.407 e. The van der Waals surface area contributed by atoms with Crippen LogP contribution in [0, 0.1) is 0 Å². The van der Waals surface area contributed by atoms with Gasteiger partial charge in [-0.1, -0.05) is 0 Å². The maximum atomic E-state index is 12.0. The Hall–Kier alpha value is -1.89. The van der Waals surface area contributed by atoms with Crippen LogP contribution in [0.2, 0.25) is 0 Å². The molecular formula is C20H29NO5S. The van der Waals surface area contributed by atoms with Gasteiger partial charge in [-0.25, -0.2) is 9.59 Å². The van der Waals surface area contributed by atoms with E-state index in [9.17, 15) is 9.59 Å². The first kappa shape index (κ1) is 21.4. The molecule has 0 unspecified atom stereocenters. The van der Waals surface area contributed by atoms with Crippen LogP contribution in [0.25, 0.3) is 0 Å².